The summed E-state index contributed by atoms with van der Waals surface area (Å²) in [5.74, 6) is -0.673. The molecule has 0 bridgehead atoms. The number of amides is 1. The zero-order chi connectivity index (χ0) is 54.3. The maximum atomic E-state index is 13.4. The molecule has 0 saturated heterocycles. The molecule has 0 heterocycles. The Balaban J connectivity index is 5.43. The van der Waals surface area contributed by atoms with Crippen LogP contribution < -0.4 is 10.2 Å². The van der Waals surface area contributed by atoms with Crippen LogP contribution in [0.3, 0.4) is 0 Å². The van der Waals surface area contributed by atoms with Crippen LogP contribution in [0.25, 0.3) is 0 Å². The fourth-order valence-electron chi connectivity index (χ4n) is 7.42. The topological polar surface area (TPSA) is 114 Å². The van der Waals surface area contributed by atoms with Crippen LogP contribution in [-0.2, 0) is 27.9 Å². The van der Waals surface area contributed by atoms with Crippen LogP contribution in [-0.4, -0.2) is 69.4 Å². The lowest BCUT2D eigenvalue weighted by Gasteiger charge is -2.30. The molecule has 0 saturated carbocycles. The van der Waals surface area contributed by atoms with Gasteiger partial charge < -0.3 is 28.5 Å². The molecule has 9 nitrogen and oxygen atoms in total. The number of ether oxygens (including phenoxy) is 1. The second-order valence-electron chi connectivity index (χ2n) is 20.0. The van der Waals surface area contributed by atoms with E-state index >= 15 is 0 Å². The van der Waals surface area contributed by atoms with Gasteiger partial charge in [0.2, 0.25) is 5.91 Å². The lowest BCUT2D eigenvalue weighted by Crippen LogP contribution is -2.47. The third-order valence-electron chi connectivity index (χ3n) is 11.8. The van der Waals surface area contributed by atoms with Gasteiger partial charge in [0.15, 0.2) is 0 Å². The van der Waals surface area contributed by atoms with Crippen molar-refractivity contribution in [3.63, 3.8) is 0 Å². The van der Waals surface area contributed by atoms with Crippen molar-refractivity contribution in [1.82, 2.24) is 5.32 Å². The van der Waals surface area contributed by atoms with Gasteiger partial charge in [0.25, 0.3) is 7.82 Å². The number of rotatable bonds is 50. The second-order valence-corrected chi connectivity index (χ2v) is 21.4. The number of quaternary nitrogens is 1. The van der Waals surface area contributed by atoms with Gasteiger partial charge in [-0.15, -0.1) is 0 Å². The Morgan fingerprint density at radius 3 is 1.32 bits per heavy atom. The summed E-state index contributed by atoms with van der Waals surface area (Å²) in [5, 5.41) is 2.96. The van der Waals surface area contributed by atoms with Crippen LogP contribution in [0.15, 0.2) is 134 Å². The number of nitrogens with zero attached hydrogens (tertiary/aromatic N) is 1. The predicted molar refractivity (Wildman–Crippen MR) is 316 cm³/mol. The number of carbonyl (C=O) groups is 2. The van der Waals surface area contributed by atoms with E-state index in [4.69, 9.17) is 13.8 Å². The van der Waals surface area contributed by atoms with Crippen LogP contribution in [0.5, 0.6) is 0 Å². The zero-order valence-electron chi connectivity index (χ0n) is 47.7. The minimum atomic E-state index is -4.73. The lowest BCUT2D eigenvalue weighted by molar-refractivity contribution is -0.870. The van der Waals surface area contributed by atoms with Crippen LogP contribution in [0.2, 0.25) is 0 Å². The molecule has 10 heteroatoms. The van der Waals surface area contributed by atoms with Crippen molar-refractivity contribution in [2.45, 2.75) is 219 Å². The van der Waals surface area contributed by atoms with E-state index in [1.165, 1.54) is 44.9 Å². The van der Waals surface area contributed by atoms with Gasteiger partial charge in [-0.1, -0.05) is 219 Å². The second kappa shape index (κ2) is 52.6. The number of hydrogen-bond donors (Lipinski definition) is 1. The number of phosphoric ester groups is 1. The molecular weight excluding hydrogens is 940 g/mol. The number of allylic oxidation sites excluding steroid dienone is 21. The van der Waals surface area contributed by atoms with E-state index in [1.54, 1.807) is 6.08 Å². The average Bonchev–Trinajstić information content (AvgIpc) is 3.36. The molecule has 0 aromatic heterocycles. The maximum Gasteiger partial charge on any atom is 0.306 e. The molecule has 0 aromatic carbocycles. The highest BCUT2D eigenvalue weighted by molar-refractivity contribution is 7.45. The third kappa shape index (κ3) is 53.0. The van der Waals surface area contributed by atoms with Crippen LogP contribution in [0, 0.1) is 0 Å². The Morgan fingerprint density at radius 1 is 0.486 bits per heavy atom. The molecule has 0 aromatic rings. The monoisotopic (exact) mass is 1050 g/mol. The first-order valence-corrected chi connectivity index (χ1v) is 30.5. The van der Waals surface area contributed by atoms with Crippen molar-refractivity contribution in [2.24, 2.45) is 0 Å². The molecule has 0 spiro atoms. The Bertz CT molecular complexity index is 1730. The number of likely N-dealkylation sites (N-methyl/N-ethyl adjacent to an activating group) is 1. The van der Waals surface area contributed by atoms with E-state index in [9.17, 15) is 19.0 Å². The number of esters is 1. The molecule has 0 aliphatic rings. The Hall–Kier alpha value is -3.85. The first kappa shape index (κ1) is 70.1. The van der Waals surface area contributed by atoms with Gasteiger partial charge in [0, 0.05) is 12.8 Å². The molecule has 3 atom stereocenters. The van der Waals surface area contributed by atoms with Gasteiger partial charge in [-0.25, -0.2) is 0 Å². The van der Waals surface area contributed by atoms with Gasteiger partial charge in [-0.05, 0) is 109 Å². The summed E-state index contributed by atoms with van der Waals surface area (Å²) < 4.78 is 30.1. The summed E-state index contributed by atoms with van der Waals surface area (Å²) in [6.07, 6.45) is 74.4. The quantitative estimate of drug-likeness (QED) is 0.0212. The van der Waals surface area contributed by atoms with E-state index in [0.29, 0.717) is 23.9 Å². The van der Waals surface area contributed by atoms with Crippen molar-refractivity contribution >= 4 is 19.7 Å². The SMILES string of the molecule is CC/C=C\C/C=C\C/C=C\C/C=C\C/C=C\CCCCCCCC(=O)OC(/C=C/CCCCCCCCCCC)C(COP(=O)([O-])OCC[N+](C)(C)C)NC(=O)CC/C=C/C/C=C/C/C=C/C/C=C/C/C=C/CC. The summed E-state index contributed by atoms with van der Waals surface area (Å²) in [7, 11) is 1.10. The van der Waals surface area contributed by atoms with Crippen molar-refractivity contribution in [3.8, 4) is 0 Å². The average molecular weight is 1050 g/mol. The van der Waals surface area contributed by atoms with Gasteiger partial charge in [0.1, 0.15) is 19.3 Å². The number of unbranched alkanes of at least 4 members (excludes halogenated alkanes) is 14. The molecule has 74 heavy (non-hydrogen) atoms. The number of phosphoric acid groups is 1. The van der Waals surface area contributed by atoms with Gasteiger partial charge in [-0.2, -0.15) is 0 Å². The molecule has 0 fully saturated rings. The van der Waals surface area contributed by atoms with E-state index in [2.05, 4.69) is 135 Å². The molecule has 3 unspecified atom stereocenters. The fourth-order valence-corrected chi connectivity index (χ4v) is 8.14. The summed E-state index contributed by atoms with van der Waals surface area (Å²) in [4.78, 5) is 39.8. The van der Waals surface area contributed by atoms with Gasteiger partial charge in [0.05, 0.1) is 33.8 Å². The van der Waals surface area contributed by atoms with Crippen molar-refractivity contribution in [2.75, 3.05) is 40.9 Å². The molecule has 1 N–H and O–H groups in total. The van der Waals surface area contributed by atoms with Crippen molar-refractivity contribution in [1.29, 1.82) is 0 Å². The molecule has 0 rings (SSSR count). The molecule has 420 valence electrons. The van der Waals surface area contributed by atoms with Crippen molar-refractivity contribution in [3.05, 3.63) is 134 Å². The van der Waals surface area contributed by atoms with E-state index < -0.39 is 26.6 Å². The normalized spacial score (nSPS) is 14.7. The van der Waals surface area contributed by atoms with Gasteiger partial charge >= 0.3 is 5.97 Å². The van der Waals surface area contributed by atoms with E-state index in [0.717, 1.165) is 116 Å². The Labute approximate surface area is 454 Å². The maximum absolute atomic E-state index is 13.4. The highest BCUT2D eigenvalue weighted by atomic mass is 31.2. The first-order chi connectivity index (χ1) is 35.9. The van der Waals surface area contributed by atoms with Crippen LogP contribution >= 0.6 is 7.82 Å². The van der Waals surface area contributed by atoms with E-state index in [1.807, 2.05) is 39.4 Å². The molecule has 0 aliphatic heterocycles. The summed E-state index contributed by atoms with van der Waals surface area (Å²) in [6, 6.07) is -0.945. The first-order valence-electron chi connectivity index (χ1n) is 29.0. The largest absolute Gasteiger partial charge is 0.756 e. The summed E-state index contributed by atoms with van der Waals surface area (Å²) in [6.45, 7) is 6.50. The molecule has 0 radical (unpaired) electrons. The molecule has 1 amide bonds. The fraction of sp³-hybridized carbons (Fsp3) is 0.625. The summed E-state index contributed by atoms with van der Waals surface area (Å²) in [5.41, 5.74) is 0. The number of nitrogens with one attached hydrogen (secondary N) is 1. The Morgan fingerprint density at radius 2 is 0.878 bits per heavy atom. The minimum Gasteiger partial charge on any atom is -0.756 e. The standard InChI is InChI=1S/C64H107N2O7P/c1-7-10-13-16-19-22-25-27-29-31-32-33-34-35-37-39-42-45-48-51-54-57-64(68)73-62(55-52-49-46-43-40-24-21-18-15-12-9-3)61(60-72-74(69,70)71-59-58-66(4,5)6)65-63(67)56-53-50-47-44-41-38-36-30-28-26-23-20-17-14-11-8-2/h10-11,13-14,19-20,22-23,27-30,32-33,35,37-38,41,47,50,52,55,61-62H,7-9,12,15-18,21,24-26,31,34,36,39-40,42-46,48-49,51,53-54,56-60H2,1-6H3,(H-,65,67,69,70)/b13-10-,14-11+,22-19-,23-20+,29-27-,30-28+,33-32-,37-35-,41-38+,50-47+,55-52+. The van der Waals surface area contributed by atoms with Crippen LogP contribution in [0.1, 0.15) is 207 Å². The zero-order valence-corrected chi connectivity index (χ0v) is 48.6. The highest BCUT2D eigenvalue weighted by Crippen LogP contribution is 2.38. The number of hydrogen-bond acceptors (Lipinski definition) is 7. The molecule has 0 aliphatic carbocycles. The van der Waals surface area contributed by atoms with Gasteiger partial charge in [-0.3, -0.25) is 14.2 Å². The predicted octanol–water partition coefficient (Wildman–Crippen LogP) is 17.1. The Kier molecular flexibility index (Phi) is 49.8. The van der Waals surface area contributed by atoms with Crippen molar-refractivity contribution < 1.29 is 37.3 Å². The lowest BCUT2D eigenvalue weighted by atomic mass is 10.1. The van der Waals surface area contributed by atoms with Crippen LogP contribution in [0.4, 0.5) is 0 Å². The highest BCUT2D eigenvalue weighted by Gasteiger charge is 2.27. The van der Waals surface area contributed by atoms with E-state index in [-0.39, 0.29) is 31.3 Å². The smallest absolute Gasteiger partial charge is 0.306 e. The summed E-state index contributed by atoms with van der Waals surface area (Å²) >= 11 is 0. The molecular formula is C64H107N2O7P. The number of carbonyl (C=O) groups excluding carboxylic acids is 2. The third-order valence-corrected chi connectivity index (χ3v) is 12.8. The minimum absolute atomic E-state index is 0.0466.